The van der Waals surface area contributed by atoms with Crippen molar-refractivity contribution in [3.8, 4) is 11.3 Å². The molecule has 0 atom stereocenters. The molecule has 180 valence electrons. The van der Waals surface area contributed by atoms with E-state index in [-0.39, 0.29) is 22.1 Å². The second kappa shape index (κ2) is 9.05. The SMILES string of the molecule is O=C(c1nn2c(C(F)(F)F)cc(-c3ccc(Cl)cc3)nc2c1Cl)N1CCN(c2ccccc2)CC1. The fourth-order valence-electron chi connectivity index (χ4n) is 4.05. The number of hydrogen-bond donors (Lipinski definition) is 0. The largest absolute Gasteiger partial charge is 0.433 e. The third-order valence-electron chi connectivity index (χ3n) is 5.85. The molecule has 5 rings (SSSR count). The highest BCUT2D eigenvalue weighted by atomic mass is 35.5. The maximum atomic E-state index is 13.9. The molecule has 1 saturated heterocycles. The van der Waals surface area contributed by atoms with Crippen molar-refractivity contribution in [3.63, 3.8) is 0 Å². The second-order valence-electron chi connectivity index (χ2n) is 8.04. The lowest BCUT2D eigenvalue weighted by Gasteiger charge is -2.35. The van der Waals surface area contributed by atoms with Gasteiger partial charge in [0, 0.05) is 42.5 Å². The Hall–Kier alpha value is -3.30. The molecule has 0 aliphatic carbocycles. The number of halogens is 5. The molecule has 2 aromatic heterocycles. The Morgan fingerprint density at radius 1 is 0.914 bits per heavy atom. The number of piperazine rings is 1. The zero-order valence-electron chi connectivity index (χ0n) is 18.1. The summed E-state index contributed by atoms with van der Waals surface area (Å²) < 4.78 is 42.4. The van der Waals surface area contributed by atoms with E-state index in [0.717, 1.165) is 11.8 Å². The fourth-order valence-corrected chi connectivity index (χ4v) is 4.42. The standard InChI is InChI=1S/C24H18Cl2F3N5O/c25-16-8-6-15(7-9-16)18-14-19(24(27,28)29)34-22(30-18)20(26)21(31-34)23(35)33-12-10-32(11-13-33)17-4-2-1-3-5-17/h1-9,14H,10-13H2. The molecule has 0 spiro atoms. The van der Waals surface area contributed by atoms with Gasteiger partial charge in [-0.25, -0.2) is 9.50 Å². The molecule has 1 fully saturated rings. The Morgan fingerprint density at radius 2 is 1.57 bits per heavy atom. The van der Waals surface area contributed by atoms with E-state index in [1.54, 1.807) is 29.2 Å². The van der Waals surface area contributed by atoms with Gasteiger partial charge in [0.25, 0.3) is 5.91 Å². The van der Waals surface area contributed by atoms with Crippen LogP contribution in [0.25, 0.3) is 16.9 Å². The van der Waals surface area contributed by atoms with Gasteiger partial charge in [-0.1, -0.05) is 53.5 Å². The minimum Gasteiger partial charge on any atom is -0.368 e. The molecule has 0 N–H and O–H groups in total. The maximum Gasteiger partial charge on any atom is 0.433 e. The lowest BCUT2D eigenvalue weighted by molar-refractivity contribution is -0.142. The van der Waals surface area contributed by atoms with Crippen LogP contribution in [-0.2, 0) is 6.18 Å². The Balaban J connectivity index is 1.49. The van der Waals surface area contributed by atoms with Crippen LogP contribution in [0.15, 0.2) is 60.7 Å². The number of hydrogen-bond acceptors (Lipinski definition) is 4. The normalized spacial score (nSPS) is 14.5. The smallest absolute Gasteiger partial charge is 0.368 e. The van der Waals surface area contributed by atoms with E-state index < -0.39 is 17.8 Å². The second-order valence-corrected chi connectivity index (χ2v) is 8.86. The van der Waals surface area contributed by atoms with Crippen molar-refractivity contribution in [3.05, 3.63) is 82.1 Å². The highest BCUT2D eigenvalue weighted by Crippen LogP contribution is 2.35. The van der Waals surface area contributed by atoms with Crippen LogP contribution in [0, 0.1) is 0 Å². The molecule has 0 saturated carbocycles. The van der Waals surface area contributed by atoms with E-state index in [0.29, 0.717) is 41.3 Å². The van der Waals surface area contributed by atoms with Crippen molar-refractivity contribution in [1.29, 1.82) is 0 Å². The van der Waals surface area contributed by atoms with Crippen LogP contribution in [0.3, 0.4) is 0 Å². The van der Waals surface area contributed by atoms with Crippen molar-refractivity contribution in [1.82, 2.24) is 19.5 Å². The summed E-state index contributed by atoms with van der Waals surface area (Å²) in [5.41, 5.74) is -0.0754. The van der Waals surface area contributed by atoms with Gasteiger partial charge in [-0.15, -0.1) is 0 Å². The lowest BCUT2D eigenvalue weighted by atomic mass is 10.1. The lowest BCUT2D eigenvalue weighted by Crippen LogP contribution is -2.49. The van der Waals surface area contributed by atoms with Crippen molar-refractivity contribution < 1.29 is 18.0 Å². The van der Waals surface area contributed by atoms with Crippen molar-refractivity contribution in [2.24, 2.45) is 0 Å². The van der Waals surface area contributed by atoms with Gasteiger partial charge in [-0.3, -0.25) is 4.79 Å². The molecule has 0 radical (unpaired) electrons. The van der Waals surface area contributed by atoms with Gasteiger partial charge in [0.05, 0.1) is 5.69 Å². The minimum absolute atomic E-state index is 0.0405. The van der Waals surface area contributed by atoms with Gasteiger partial charge in [0.15, 0.2) is 17.0 Å². The number of nitrogens with zero attached hydrogens (tertiary/aromatic N) is 5. The third kappa shape index (κ3) is 4.53. The van der Waals surface area contributed by atoms with Crippen LogP contribution in [0.5, 0.6) is 0 Å². The molecule has 1 aliphatic heterocycles. The number of carbonyl (C=O) groups is 1. The van der Waals surface area contributed by atoms with E-state index in [2.05, 4.69) is 15.0 Å². The summed E-state index contributed by atoms with van der Waals surface area (Å²) in [7, 11) is 0. The van der Waals surface area contributed by atoms with Gasteiger partial charge in [-0.05, 0) is 30.3 Å². The summed E-state index contributed by atoms with van der Waals surface area (Å²) in [5.74, 6) is -0.533. The first-order valence-corrected chi connectivity index (χ1v) is 11.5. The van der Waals surface area contributed by atoms with Crippen LogP contribution >= 0.6 is 23.2 Å². The number of anilines is 1. The first-order valence-electron chi connectivity index (χ1n) is 10.7. The summed E-state index contributed by atoms with van der Waals surface area (Å²) in [6.45, 7) is 1.92. The van der Waals surface area contributed by atoms with Crippen molar-refractivity contribution in [2.45, 2.75) is 6.18 Å². The van der Waals surface area contributed by atoms with Crippen molar-refractivity contribution >= 4 is 40.4 Å². The molecule has 3 heterocycles. The summed E-state index contributed by atoms with van der Waals surface area (Å²) >= 11 is 12.3. The summed E-state index contributed by atoms with van der Waals surface area (Å²) in [4.78, 5) is 21.2. The van der Waals surface area contributed by atoms with Crippen LogP contribution in [0.4, 0.5) is 18.9 Å². The molecule has 4 aromatic rings. The van der Waals surface area contributed by atoms with E-state index in [4.69, 9.17) is 23.2 Å². The van der Waals surface area contributed by atoms with Crippen LogP contribution in [0.2, 0.25) is 10.0 Å². The van der Waals surface area contributed by atoms with Crippen LogP contribution in [-0.4, -0.2) is 51.6 Å². The molecular formula is C24H18Cl2F3N5O. The van der Waals surface area contributed by atoms with Crippen LogP contribution < -0.4 is 4.90 Å². The van der Waals surface area contributed by atoms with Crippen LogP contribution in [0.1, 0.15) is 16.2 Å². The topological polar surface area (TPSA) is 53.7 Å². The van der Waals surface area contributed by atoms with Gasteiger partial charge in [-0.2, -0.15) is 18.3 Å². The fraction of sp³-hybridized carbons (Fsp3) is 0.208. The van der Waals surface area contributed by atoms with E-state index in [1.807, 2.05) is 30.3 Å². The van der Waals surface area contributed by atoms with E-state index >= 15 is 0 Å². The number of aromatic nitrogens is 3. The quantitative estimate of drug-likeness (QED) is 0.349. The molecule has 1 amide bonds. The zero-order chi connectivity index (χ0) is 24.7. The average molecular weight is 520 g/mol. The Labute approximate surface area is 208 Å². The monoisotopic (exact) mass is 519 g/mol. The van der Waals surface area contributed by atoms with Gasteiger partial charge in [0.2, 0.25) is 0 Å². The maximum absolute atomic E-state index is 13.9. The highest BCUT2D eigenvalue weighted by Gasteiger charge is 2.37. The molecule has 0 bridgehead atoms. The number of benzene rings is 2. The third-order valence-corrected chi connectivity index (χ3v) is 6.45. The number of fused-ring (bicyclic) bond motifs is 1. The number of amides is 1. The molecule has 0 unspecified atom stereocenters. The Kier molecular flexibility index (Phi) is 6.06. The molecule has 6 nitrogen and oxygen atoms in total. The average Bonchev–Trinajstić information content (AvgIpc) is 3.19. The van der Waals surface area contributed by atoms with E-state index in [1.165, 1.54) is 0 Å². The van der Waals surface area contributed by atoms with Gasteiger partial charge < -0.3 is 9.80 Å². The first-order chi connectivity index (χ1) is 16.7. The van der Waals surface area contributed by atoms with E-state index in [9.17, 15) is 18.0 Å². The molecule has 11 heteroatoms. The molecule has 2 aromatic carbocycles. The Morgan fingerprint density at radius 3 is 2.20 bits per heavy atom. The highest BCUT2D eigenvalue weighted by molar-refractivity contribution is 6.36. The predicted molar refractivity (Wildman–Crippen MR) is 128 cm³/mol. The molecular weight excluding hydrogens is 502 g/mol. The summed E-state index contributed by atoms with van der Waals surface area (Å²) in [6.07, 6.45) is -4.75. The number of rotatable bonds is 3. The predicted octanol–water partition coefficient (Wildman–Crippen LogP) is 5.68. The Bertz CT molecular complexity index is 1380. The summed E-state index contributed by atoms with van der Waals surface area (Å²) in [5, 5.41) is 4.17. The van der Waals surface area contributed by atoms with Gasteiger partial charge in [0.1, 0.15) is 5.02 Å². The molecule has 1 aliphatic rings. The van der Waals surface area contributed by atoms with Gasteiger partial charge >= 0.3 is 6.18 Å². The summed E-state index contributed by atoms with van der Waals surface area (Å²) in [6, 6.07) is 16.9. The minimum atomic E-state index is -4.75. The number of para-hydroxylation sites is 1. The molecule has 35 heavy (non-hydrogen) atoms. The van der Waals surface area contributed by atoms with Crippen molar-refractivity contribution in [2.75, 3.05) is 31.1 Å². The number of carbonyl (C=O) groups excluding carboxylic acids is 1. The first kappa shape index (κ1) is 23.4. The zero-order valence-corrected chi connectivity index (χ0v) is 19.6. The number of alkyl halides is 3.